The number of likely N-dealkylation sites (tertiary alicyclic amines) is 2. The quantitative estimate of drug-likeness (QED) is 0.446. The molecular weight excluding hydrogens is 458 g/mol. The summed E-state index contributed by atoms with van der Waals surface area (Å²) >= 11 is 0. The Labute approximate surface area is 214 Å². The monoisotopic (exact) mass is 497 g/mol. The lowest BCUT2D eigenvalue weighted by Crippen LogP contribution is -2.60. The van der Waals surface area contributed by atoms with Crippen LogP contribution < -0.4 is 5.32 Å². The van der Waals surface area contributed by atoms with E-state index in [4.69, 9.17) is 0 Å². The van der Waals surface area contributed by atoms with Gasteiger partial charge in [-0.2, -0.15) is 5.10 Å². The van der Waals surface area contributed by atoms with Crippen LogP contribution in [-0.2, 0) is 20.9 Å². The van der Waals surface area contributed by atoms with E-state index in [1.807, 2.05) is 38.9 Å². The molecule has 2 saturated heterocycles. The van der Waals surface area contributed by atoms with Gasteiger partial charge < -0.3 is 19.9 Å². The van der Waals surface area contributed by atoms with Crippen LogP contribution in [0.1, 0.15) is 44.0 Å². The second-order valence-corrected chi connectivity index (χ2v) is 10.9. The molecule has 1 N–H and O–H groups in total. The molecule has 3 fully saturated rings. The molecule has 1 spiro atoms. The molecule has 2 aromatic rings. The van der Waals surface area contributed by atoms with Gasteiger partial charge in [0.15, 0.2) is 0 Å². The van der Waals surface area contributed by atoms with E-state index < -0.39 is 0 Å². The van der Waals surface area contributed by atoms with Crippen molar-refractivity contribution in [3.05, 3.63) is 53.9 Å². The minimum absolute atomic E-state index is 0. The molecular formula is C27H39N5O4. The summed E-state index contributed by atoms with van der Waals surface area (Å²) in [6, 6.07) is 10.1. The molecule has 1 atom stereocenters. The summed E-state index contributed by atoms with van der Waals surface area (Å²) < 4.78 is 6.44. The molecule has 0 unspecified atom stereocenters. The number of ether oxygens (including phenoxy) is 1. The summed E-state index contributed by atoms with van der Waals surface area (Å²) in [7, 11) is 1.59. The molecule has 0 bridgehead atoms. The molecule has 3 aliphatic rings. The molecule has 9 nitrogen and oxygen atoms in total. The molecule has 36 heavy (non-hydrogen) atoms. The van der Waals surface area contributed by atoms with Gasteiger partial charge in [-0.1, -0.05) is 44.2 Å². The Morgan fingerprint density at radius 3 is 2.53 bits per heavy atom. The molecule has 1 aliphatic carbocycles. The third-order valence-corrected chi connectivity index (χ3v) is 7.50. The van der Waals surface area contributed by atoms with Gasteiger partial charge >= 0.3 is 0 Å². The maximum Gasteiger partial charge on any atom is 0.257 e. The van der Waals surface area contributed by atoms with Gasteiger partial charge in [0.25, 0.3) is 5.91 Å². The lowest BCUT2D eigenvalue weighted by molar-refractivity contribution is -0.144. The maximum atomic E-state index is 13.0. The Morgan fingerprint density at radius 1 is 1.19 bits per heavy atom. The highest BCUT2D eigenvalue weighted by Crippen LogP contribution is 2.54. The minimum Gasteiger partial charge on any atom is -0.383 e. The average Bonchev–Trinajstić information content (AvgIpc) is 3.21. The predicted octanol–water partition coefficient (Wildman–Crippen LogP) is 2.28. The van der Waals surface area contributed by atoms with Crippen LogP contribution in [-0.4, -0.2) is 84.2 Å². The summed E-state index contributed by atoms with van der Waals surface area (Å²) in [5, 5.41) is 6.81. The van der Waals surface area contributed by atoms with E-state index in [0.29, 0.717) is 37.6 Å². The van der Waals surface area contributed by atoms with Gasteiger partial charge in [0, 0.05) is 58.8 Å². The van der Waals surface area contributed by atoms with Gasteiger partial charge in [0.1, 0.15) is 0 Å². The molecule has 9 heteroatoms. The first kappa shape index (κ1) is 25.9. The Hall–Kier alpha value is -3.20. The van der Waals surface area contributed by atoms with Crippen molar-refractivity contribution in [3.8, 4) is 0 Å². The Kier molecular flexibility index (Phi) is 7.78. The number of rotatable bonds is 8. The lowest BCUT2D eigenvalue weighted by atomic mass is 9.78. The van der Waals surface area contributed by atoms with Gasteiger partial charge in [0.05, 0.1) is 24.9 Å². The fourth-order valence-electron chi connectivity index (χ4n) is 5.13. The van der Waals surface area contributed by atoms with Gasteiger partial charge in [0.2, 0.25) is 12.3 Å². The van der Waals surface area contributed by atoms with Crippen molar-refractivity contribution in [3.63, 3.8) is 0 Å². The third kappa shape index (κ3) is 5.95. The molecule has 5 rings (SSSR count). The zero-order valence-electron chi connectivity index (χ0n) is 21.5. The zero-order valence-corrected chi connectivity index (χ0v) is 21.5. The Balaban J connectivity index is 0.000000422. The molecule has 1 aromatic carbocycles. The highest BCUT2D eigenvalue weighted by molar-refractivity contribution is 5.94. The normalized spacial score (nSPS) is 20.8. The fraction of sp³-hybridized carbons (Fsp3) is 0.556. The SMILES string of the molecule is CC1(C)C[C@@H]1C(=O)N1CC2(CCN(C(=O)c3cnn(Cc4ccccc4)c3)C2)C1.COCCNC=O.[HH]. The van der Waals surface area contributed by atoms with Crippen molar-refractivity contribution in [2.24, 2.45) is 16.7 Å². The van der Waals surface area contributed by atoms with Gasteiger partial charge in [-0.25, -0.2) is 0 Å². The van der Waals surface area contributed by atoms with Crippen LogP contribution in [0.2, 0.25) is 0 Å². The summed E-state index contributed by atoms with van der Waals surface area (Å²) in [4.78, 5) is 39.0. The second kappa shape index (κ2) is 10.8. The van der Waals surface area contributed by atoms with E-state index >= 15 is 0 Å². The Morgan fingerprint density at radius 2 is 1.89 bits per heavy atom. The number of hydrogen-bond donors (Lipinski definition) is 1. The van der Waals surface area contributed by atoms with Crippen LogP contribution in [0.5, 0.6) is 0 Å². The van der Waals surface area contributed by atoms with E-state index in [0.717, 1.165) is 44.6 Å². The zero-order chi connectivity index (χ0) is 25.8. The topological polar surface area (TPSA) is 96.8 Å². The number of hydrogen-bond acceptors (Lipinski definition) is 5. The smallest absolute Gasteiger partial charge is 0.257 e. The molecule has 3 heterocycles. The predicted molar refractivity (Wildman–Crippen MR) is 137 cm³/mol. The van der Waals surface area contributed by atoms with E-state index in [-0.39, 0.29) is 24.1 Å². The van der Waals surface area contributed by atoms with Crippen LogP contribution in [0.3, 0.4) is 0 Å². The van der Waals surface area contributed by atoms with E-state index in [2.05, 4.69) is 41.1 Å². The first-order valence-electron chi connectivity index (χ1n) is 12.6. The number of benzene rings is 1. The number of methoxy groups -OCH3 is 1. The second-order valence-electron chi connectivity index (χ2n) is 10.9. The number of carbonyl (C=O) groups is 3. The average molecular weight is 498 g/mol. The van der Waals surface area contributed by atoms with Crippen LogP contribution >= 0.6 is 0 Å². The van der Waals surface area contributed by atoms with Crippen LogP contribution in [0.25, 0.3) is 0 Å². The number of nitrogens with zero attached hydrogens (tertiary/aromatic N) is 4. The van der Waals surface area contributed by atoms with E-state index in [1.165, 1.54) is 0 Å². The van der Waals surface area contributed by atoms with Crippen molar-refractivity contribution in [2.75, 3.05) is 46.4 Å². The number of aromatic nitrogens is 2. The molecule has 1 aromatic heterocycles. The molecule has 2 aliphatic heterocycles. The van der Waals surface area contributed by atoms with E-state index in [1.54, 1.807) is 13.3 Å². The van der Waals surface area contributed by atoms with Crippen LogP contribution in [0.4, 0.5) is 0 Å². The van der Waals surface area contributed by atoms with E-state index in [9.17, 15) is 14.4 Å². The number of amides is 3. The first-order valence-corrected chi connectivity index (χ1v) is 12.6. The first-order chi connectivity index (χ1) is 17.3. The molecule has 1 saturated carbocycles. The van der Waals surface area contributed by atoms with Gasteiger partial charge in [-0.15, -0.1) is 0 Å². The van der Waals surface area contributed by atoms with Gasteiger partial charge in [-0.05, 0) is 23.8 Å². The Bertz CT molecular complexity index is 1070. The van der Waals surface area contributed by atoms with Crippen molar-refractivity contribution in [1.82, 2.24) is 24.9 Å². The maximum absolute atomic E-state index is 13.0. The number of nitrogens with one attached hydrogen (secondary N) is 1. The van der Waals surface area contributed by atoms with Gasteiger partial charge in [-0.3, -0.25) is 19.1 Å². The highest BCUT2D eigenvalue weighted by atomic mass is 16.5. The lowest BCUT2D eigenvalue weighted by Gasteiger charge is -2.48. The van der Waals surface area contributed by atoms with Crippen molar-refractivity contribution in [2.45, 2.75) is 33.2 Å². The van der Waals surface area contributed by atoms with Crippen molar-refractivity contribution >= 4 is 18.2 Å². The highest BCUT2D eigenvalue weighted by Gasteiger charge is 2.57. The molecule has 3 amide bonds. The molecule has 196 valence electrons. The summed E-state index contributed by atoms with van der Waals surface area (Å²) in [6.45, 7) is 9.28. The third-order valence-electron chi connectivity index (χ3n) is 7.50. The van der Waals surface area contributed by atoms with Crippen LogP contribution in [0, 0.1) is 16.7 Å². The summed E-state index contributed by atoms with van der Waals surface area (Å²) in [6.07, 6.45) is 6.15. The minimum atomic E-state index is 0. The summed E-state index contributed by atoms with van der Waals surface area (Å²) in [5.74, 6) is 0.566. The standard InChI is InChI=1S/C23H28N4O2.C4H9NO2.H2/c1-22(2)10-19(22)21(29)26-15-23(16-26)8-9-25(14-23)20(28)18-11-24-27(13-18)12-17-6-4-3-5-7-17;1-7-3-2-5-4-6;/h3-7,11,13,19H,8-10,12,14-16H2,1-2H3;4H,2-3H2,1H3,(H,5,6);1H/t19-;;/m1../s1. The van der Waals surface area contributed by atoms with Crippen molar-refractivity contribution < 1.29 is 20.5 Å². The summed E-state index contributed by atoms with van der Waals surface area (Å²) in [5.41, 5.74) is 2.08. The number of carbonyl (C=O) groups excluding carboxylic acids is 3. The molecule has 0 radical (unpaired) electrons. The van der Waals surface area contributed by atoms with Crippen LogP contribution in [0.15, 0.2) is 42.7 Å². The fourth-order valence-corrected chi connectivity index (χ4v) is 5.13. The van der Waals surface area contributed by atoms with Crippen molar-refractivity contribution in [1.29, 1.82) is 0 Å². The largest absolute Gasteiger partial charge is 0.383 e.